The molecule has 27 heavy (non-hydrogen) atoms. The van der Waals surface area contributed by atoms with Gasteiger partial charge in [-0.25, -0.2) is 0 Å². The van der Waals surface area contributed by atoms with Crippen LogP contribution in [0.1, 0.15) is 22.8 Å². The number of hydrogen-bond acceptors (Lipinski definition) is 5. The van der Waals surface area contributed by atoms with E-state index in [4.69, 9.17) is 5.26 Å². The molecule has 8 heteroatoms. The predicted molar refractivity (Wildman–Crippen MR) is 104 cm³/mol. The zero-order valence-electron chi connectivity index (χ0n) is 16.2. The Kier molecular flexibility index (Phi) is 6.04. The molecule has 1 saturated heterocycles. The van der Waals surface area contributed by atoms with E-state index in [0.29, 0.717) is 12.1 Å². The van der Waals surface area contributed by atoms with E-state index in [0.717, 1.165) is 50.3 Å². The maximum atomic E-state index is 8.90. The first-order chi connectivity index (χ1) is 13.1. The van der Waals surface area contributed by atoms with Crippen molar-refractivity contribution in [2.45, 2.75) is 20.0 Å². The average molecular weight is 366 g/mol. The monoisotopic (exact) mass is 366 g/mol. The Balaban J connectivity index is 1.49. The van der Waals surface area contributed by atoms with Gasteiger partial charge in [0, 0.05) is 46.8 Å². The second kappa shape index (κ2) is 8.64. The van der Waals surface area contributed by atoms with Gasteiger partial charge in [0.1, 0.15) is 5.82 Å². The SMILES string of the molecule is CN=C(NCc1nnc(C)n1C)N1CCN(Cc2ccc(C#N)cc2)CC1. The summed E-state index contributed by atoms with van der Waals surface area (Å²) in [5, 5.41) is 20.6. The Morgan fingerprint density at radius 2 is 1.89 bits per heavy atom. The van der Waals surface area contributed by atoms with Crippen molar-refractivity contribution >= 4 is 5.96 Å². The lowest BCUT2D eigenvalue weighted by Crippen LogP contribution is -2.52. The molecule has 0 atom stereocenters. The molecule has 8 nitrogen and oxygen atoms in total. The summed E-state index contributed by atoms with van der Waals surface area (Å²) in [5.41, 5.74) is 1.94. The van der Waals surface area contributed by atoms with Crippen molar-refractivity contribution in [1.29, 1.82) is 5.26 Å². The summed E-state index contributed by atoms with van der Waals surface area (Å²) in [7, 11) is 3.78. The van der Waals surface area contributed by atoms with Gasteiger partial charge in [0.05, 0.1) is 18.2 Å². The van der Waals surface area contributed by atoms with E-state index in [9.17, 15) is 0 Å². The maximum Gasteiger partial charge on any atom is 0.194 e. The highest BCUT2D eigenvalue weighted by molar-refractivity contribution is 5.79. The minimum Gasteiger partial charge on any atom is -0.349 e. The topological polar surface area (TPSA) is 85.4 Å². The minimum atomic E-state index is 0.607. The Labute approximate surface area is 160 Å². The normalized spacial score (nSPS) is 15.6. The number of guanidine groups is 1. The van der Waals surface area contributed by atoms with Gasteiger partial charge in [0.15, 0.2) is 11.8 Å². The highest BCUT2D eigenvalue weighted by atomic mass is 15.4. The first-order valence-corrected chi connectivity index (χ1v) is 9.12. The van der Waals surface area contributed by atoms with E-state index in [1.807, 2.05) is 49.9 Å². The molecule has 1 N–H and O–H groups in total. The molecule has 0 spiro atoms. The second-order valence-corrected chi connectivity index (χ2v) is 6.70. The van der Waals surface area contributed by atoms with Crippen molar-refractivity contribution in [3.05, 3.63) is 47.0 Å². The van der Waals surface area contributed by atoms with Crippen LogP contribution in [0.5, 0.6) is 0 Å². The molecule has 1 aromatic carbocycles. The largest absolute Gasteiger partial charge is 0.349 e. The molecule has 142 valence electrons. The predicted octanol–water partition coefficient (Wildman–Crippen LogP) is 0.888. The highest BCUT2D eigenvalue weighted by Crippen LogP contribution is 2.10. The molecule has 0 aliphatic carbocycles. The second-order valence-electron chi connectivity index (χ2n) is 6.70. The number of nitriles is 1. The molecule has 0 radical (unpaired) electrons. The Morgan fingerprint density at radius 1 is 1.19 bits per heavy atom. The van der Waals surface area contributed by atoms with Gasteiger partial charge in [-0.3, -0.25) is 9.89 Å². The molecule has 0 bridgehead atoms. The van der Waals surface area contributed by atoms with Crippen molar-refractivity contribution < 1.29 is 0 Å². The molecule has 0 unspecified atom stereocenters. The van der Waals surface area contributed by atoms with Crippen LogP contribution in [-0.2, 0) is 20.1 Å². The number of aliphatic imine (C=N–C) groups is 1. The van der Waals surface area contributed by atoms with Crippen molar-refractivity contribution in [3.63, 3.8) is 0 Å². The third kappa shape index (κ3) is 4.63. The first kappa shape index (κ1) is 18.9. The van der Waals surface area contributed by atoms with Crippen LogP contribution in [0.25, 0.3) is 0 Å². The van der Waals surface area contributed by atoms with Crippen LogP contribution in [0.2, 0.25) is 0 Å². The maximum absolute atomic E-state index is 8.90. The standard InChI is InChI=1S/C19H26N8/c1-15-23-24-18(25(15)3)13-22-19(21-2)27-10-8-26(9-11-27)14-17-6-4-16(12-20)5-7-17/h4-7H,8-11,13-14H2,1-3H3,(H,21,22). The van der Waals surface area contributed by atoms with Crippen molar-refractivity contribution in [2.24, 2.45) is 12.0 Å². The number of nitrogens with one attached hydrogen (secondary N) is 1. The van der Waals surface area contributed by atoms with Crippen molar-refractivity contribution in [2.75, 3.05) is 33.2 Å². The van der Waals surface area contributed by atoms with Crippen LogP contribution in [0.4, 0.5) is 0 Å². The van der Waals surface area contributed by atoms with E-state index in [-0.39, 0.29) is 0 Å². The summed E-state index contributed by atoms with van der Waals surface area (Å²) in [6, 6.07) is 9.99. The zero-order chi connectivity index (χ0) is 19.2. The lowest BCUT2D eigenvalue weighted by Gasteiger charge is -2.36. The molecule has 1 aromatic heterocycles. The smallest absolute Gasteiger partial charge is 0.194 e. The molecule has 2 heterocycles. The summed E-state index contributed by atoms with van der Waals surface area (Å²) in [6.07, 6.45) is 0. The fourth-order valence-electron chi connectivity index (χ4n) is 3.16. The lowest BCUT2D eigenvalue weighted by atomic mass is 10.1. The van der Waals surface area contributed by atoms with Crippen molar-refractivity contribution in [1.82, 2.24) is 29.9 Å². The summed E-state index contributed by atoms with van der Waals surface area (Å²) >= 11 is 0. The summed E-state index contributed by atoms with van der Waals surface area (Å²) in [4.78, 5) is 9.12. The molecular weight excluding hydrogens is 340 g/mol. The zero-order valence-corrected chi connectivity index (χ0v) is 16.2. The molecule has 2 aromatic rings. The van der Waals surface area contributed by atoms with Crippen LogP contribution < -0.4 is 5.32 Å². The Morgan fingerprint density at radius 3 is 2.44 bits per heavy atom. The Bertz CT molecular complexity index is 822. The van der Waals surface area contributed by atoms with Crippen LogP contribution in [0.3, 0.4) is 0 Å². The summed E-state index contributed by atoms with van der Waals surface area (Å²) in [6.45, 7) is 7.26. The summed E-state index contributed by atoms with van der Waals surface area (Å²) < 4.78 is 1.98. The number of aromatic nitrogens is 3. The summed E-state index contributed by atoms with van der Waals surface area (Å²) in [5.74, 6) is 2.69. The Hall–Kier alpha value is -2.92. The van der Waals surface area contributed by atoms with Crippen LogP contribution in [0, 0.1) is 18.3 Å². The number of hydrogen-bond donors (Lipinski definition) is 1. The van der Waals surface area contributed by atoms with Gasteiger partial charge in [-0.2, -0.15) is 5.26 Å². The van der Waals surface area contributed by atoms with Crippen LogP contribution in [0.15, 0.2) is 29.3 Å². The van der Waals surface area contributed by atoms with Crippen LogP contribution >= 0.6 is 0 Å². The van der Waals surface area contributed by atoms with Gasteiger partial charge in [-0.1, -0.05) is 12.1 Å². The molecule has 3 rings (SSSR count). The number of benzene rings is 1. The van der Waals surface area contributed by atoms with E-state index in [1.165, 1.54) is 5.56 Å². The van der Waals surface area contributed by atoms with Crippen molar-refractivity contribution in [3.8, 4) is 6.07 Å². The molecule has 1 aliphatic heterocycles. The molecule has 1 aliphatic rings. The third-order valence-corrected chi connectivity index (χ3v) is 4.96. The fraction of sp³-hybridized carbons (Fsp3) is 0.474. The van der Waals surface area contributed by atoms with Gasteiger partial charge >= 0.3 is 0 Å². The van der Waals surface area contributed by atoms with E-state index in [2.05, 4.69) is 36.4 Å². The minimum absolute atomic E-state index is 0.607. The molecule has 0 saturated carbocycles. The van der Waals surface area contributed by atoms with Gasteiger partial charge in [-0.05, 0) is 24.6 Å². The van der Waals surface area contributed by atoms with Gasteiger partial charge in [0.25, 0.3) is 0 Å². The average Bonchev–Trinajstić information content (AvgIpc) is 3.02. The first-order valence-electron chi connectivity index (χ1n) is 9.12. The van der Waals surface area contributed by atoms with Crippen LogP contribution in [-0.4, -0.2) is 63.8 Å². The van der Waals surface area contributed by atoms with E-state index in [1.54, 1.807) is 0 Å². The quantitative estimate of drug-likeness (QED) is 0.639. The molecule has 0 amide bonds. The number of aryl methyl sites for hydroxylation is 1. The van der Waals surface area contributed by atoms with E-state index >= 15 is 0 Å². The van der Waals surface area contributed by atoms with Gasteiger partial charge in [0.2, 0.25) is 0 Å². The number of nitrogens with zero attached hydrogens (tertiary/aromatic N) is 7. The molecular formula is C19H26N8. The fourth-order valence-corrected chi connectivity index (χ4v) is 3.16. The van der Waals surface area contributed by atoms with Gasteiger partial charge < -0.3 is 14.8 Å². The molecule has 1 fully saturated rings. The number of piperazine rings is 1. The number of rotatable bonds is 4. The lowest BCUT2D eigenvalue weighted by molar-refractivity contribution is 0.172. The third-order valence-electron chi connectivity index (χ3n) is 4.96. The highest BCUT2D eigenvalue weighted by Gasteiger charge is 2.20. The van der Waals surface area contributed by atoms with E-state index < -0.39 is 0 Å². The van der Waals surface area contributed by atoms with Gasteiger partial charge in [-0.15, -0.1) is 10.2 Å².